The predicted octanol–water partition coefficient (Wildman–Crippen LogP) is 0.0105. The lowest BCUT2D eigenvalue weighted by atomic mass is 10.5. The Bertz CT molecular complexity index is 87.0. The quantitative estimate of drug-likeness (QED) is 0.440. The van der Waals surface area contributed by atoms with E-state index >= 15 is 0 Å². The van der Waals surface area contributed by atoms with Gasteiger partial charge in [-0.15, -0.1) is 11.8 Å². The molecule has 0 fully saturated rings. The van der Waals surface area contributed by atoms with Crippen LogP contribution in [0.3, 0.4) is 0 Å². The highest BCUT2D eigenvalue weighted by Gasteiger charge is 2.01. The molecular weight excluding hydrogens is 138 g/mol. The molecule has 9 heavy (non-hydrogen) atoms. The van der Waals surface area contributed by atoms with Gasteiger partial charge in [0.1, 0.15) is 6.29 Å². The second-order valence-electron chi connectivity index (χ2n) is 1.41. The summed E-state index contributed by atoms with van der Waals surface area (Å²) in [4.78, 5) is 19.7. The molecule has 0 spiro atoms. The van der Waals surface area contributed by atoms with E-state index in [9.17, 15) is 9.59 Å². The Labute approximate surface area is 58.2 Å². The molecule has 0 bridgehead atoms. The molecule has 0 aliphatic rings. The molecule has 0 aliphatic heterocycles. The van der Waals surface area contributed by atoms with Crippen molar-refractivity contribution in [3.05, 3.63) is 0 Å². The standard InChI is InChI=1S/C5H9NO2S/c1-9-5(2-3-7)6-4-8/h3-5H,2H2,1H3,(H,6,8). The van der Waals surface area contributed by atoms with Crippen LogP contribution in [0.2, 0.25) is 0 Å². The van der Waals surface area contributed by atoms with Gasteiger partial charge >= 0.3 is 0 Å². The topological polar surface area (TPSA) is 46.2 Å². The summed E-state index contributed by atoms with van der Waals surface area (Å²) in [6.45, 7) is 0. The first-order chi connectivity index (χ1) is 4.35. The largest absolute Gasteiger partial charge is 0.346 e. The Morgan fingerprint density at radius 1 is 1.67 bits per heavy atom. The Morgan fingerprint density at radius 2 is 2.33 bits per heavy atom. The molecular formula is C5H9NO2S. The number of carbonyl (C=O) groups is 2. The summed E-state index contributed by atoms with van der Waals surface area (Å²) in [6.07, 6.45) is 3.60. The third kappa shape index (κ3) is 4.02. The summed E-state index contributed by atoms with van der Waals surface area (Å²) < 4.78 is 0. The van der Waals surface area contributed by atoms with Crippen molar-refractivity contribution in [1.29, 1.82) is 0 Å². The number of hydrogen-bond acceptors (Lipinski definition) is 3. The summed E-state index contributed by atoms with van der Waals surface area (Å²) in [6, 6.07) is 0. The van der Waals surface area contributed by atoms with E-state index < -0.39 is 0 Å². The van der Waals surface area contributed by atoms with E-state index in [0.29, 0.717) is 12.8 Å². The van der Waals surface area contributed by atoms with Crippen LogP contribution >= 0.6 is 11.8 Å². The molecule has 0 rings (SSSR count). The van der Waals surface area contributed by atoms with E-state index in [1.807, 2.05) is 6.26 Å². The van der Waals surface area contributed by atoms with Crippen LogP contribution < -0.4 is 5.32 Å². The zero-order valence-electron chi connectivity index (χ0n) is 5.16. The summed E-state index contributed by atoms with van der Waals surface area (Å²) >= 11 is 1.45. The third-order valence-electron chi connectivity index (χ3n) is 0.849. The van der Waals surface area contributed by atoms with E-state index in [-0.39, 0.29) is 5.37 Å². The van der Waals surface area contributed by atoms with Gasteiger partial charge in [-0.1, -0.05) is 0 Å². The number of nitrogens with one attached hydrogen (secondary N) is 1. The maximum atomic E-state index is 9.88. The van der Waals surface area contributed by atoms with Gasteiger partial charge in [-0.05, 0) is 6.26 Å². The molecule has 1 atom stereocenters. The van der Waals surface area contributed by atoms with Crippen molar-refractivity contribution in [1.82, 2.24) is 5.32 Å². The molecule has 1 N–H and O–H groups in total. The lowest BCUT2D eigenvalue weighted by Crippen LogP contribution is -2.24. The SMILES string of the molecule is CSC(CC=O)NC=O. The first kappa shape index (κ1) is 8.49. The minimum atomic E-state index is -0.0556. The number of hydrogen-bond donors (Lipinski definition) is 1. The van der Waals surface area contributed by atoms with Crippen LogP contribution in [0, 0.1) is 0 Å². The maximum absolute atomic E-state index is 9.88. The van der Waals surface area contributed by atoms with Gasteiger partial charge in [0.15, 0.2) is 0 Å². The molecule has 0 aromatic heterocycles. The van der Waals surface area contributed by atoms with Crippen LogP contribution in [-0.2, 0) is 9.59 Å². The van der Waals surface area contributed by atoms with Gasteiger partial charge in [-0.3, -0.25) is 4.79 Å². The van der Waals surface area contributed by atoms with E-state index in [4.69, 9.17) is 0 Å². The molecule has 1 unspecified atom stereocenters. The molecule has 0 radical (unpaired) electrons. The van der Waals surface area contributed by atoms with Crippen LogP contribution in [0.25, 0.3) is 0 Å². The Balaban J connectivity index is 3.39. The van der Waals surface area contributed by atoms with Crippen molar-refractivity contribution in [3.8, 4) is 0 Å². The molecule has 0 aromatic rings. The highest BCUT2D eigenvalue weighted by Crippen LogP contribution is 2.03. The molecule has 52 valence electrons. The van der Waals surface area contributed by atoms with E-state index in [0.717, 1.165) is 6.29 Å². The highest BCUT2D eigenvalue weighted by molar-refractivity contribution is 7.99. The third-order valence-corrected chi connectivity index (χ3v) is 1.75. The van der Waals surface area contributed by atoms with Gasteiger partial charge < -0.3 is 10.1 Å². The molecule has 3 nitrogen and oxygen atoms in total. The van der Waals surface area contributed by atoms with E-state index in [2.05, 4.69) is 5.32 Å². The minimum absolute atomic E-state index is 0.0556. The Morgan fingerprint density at radius 3 is 2.67 bits per heavy atom. The monoisotopic (exact) mass is 147 g/mol. The van der Waals surface area contributed by atoms with Gasteiger partial charge in [-0.25, -0.2) is 0 Å². The minimum Gasteiger partial charge on any atom is -0.346 e. The van der Waals surface area contributed by atoms with Gasteiger partial charge in [0.2, 0.25) is 6.41 Å². The molecule has 0 saturated carbocycles. The maximum Gasteiger partial charge on any atom is 0.208 e. The second-order valence-corrected chi connectivity index (χ2v) is 2.45. The molecule has 0 aromatic carbocycles. The van der Waals surface area contributed by atoms with Crippen molar-refractivity contribution >= 4 is 24.5 Å². The second kappa shape index (κ2) is 5.62. The summed E-state index contributed by atoms with van der Waals surface area (Å²) in [7, 11) is 0. The van der Waals surface area contributed by atoms with Gasteiger partial charge in [0.25, 0.3) is 0 Å². The summed E-state index contributed by atoms with van der Waals surface area (Å²) in [5.41, 5.74) is 0. The zero-order valence-corrected chi connectivity index (χ0v) is 5.98. The zero-order chi connectivity index (χ0) is 7.11. The average molecular weight is 147 g/mol. The lowest BCUT2D eigenvalue weighted by molar-refractivity contribution is -0.110. The van der Waals surface area contributed by atoms with Crippen molar-refractivity contribution in [2.45, 2.75) is 11.8 Å². The van der Waals surface area contributed by atoms with Crippen LogP contribution in [0.1, 0.15) is 6.42 Å². The number of amides is 1. The predicted molar refractivity (Wildman–Crippen MR) is 37.2 cm³/mol. The summed E-state index contributed by atoms with van der Waals surface area (Å²) in [5, 5.41) is 2.43. The fourth-order valence-electron chi connectivity index (χ4n) is 0.396. The van der Waals surface area contributed by atoms with Gasteiger partial charge in [0.05, 0.1) is 5.37 Å². The molecule has 0 saturated heterocycles. The fourth-order valence-corrected chi connectivity index (χ4v) is 0.858. The van der Waals surface area contributed by atoms with Crippen LogP contribution in [0.15, 0.2) is 0 Å². The van der Waals surface area contributed by atoms with Crippen LogP contribution in [0.4, 0.5) is 0 Å². The Hall–Kier alpha value is -0.510. The van der Waals surface area contributed by atoms with Crippen molar-refractivity contribution < 1.29 is 9.59 Å². The number of rotatable bonds is 5. The highest BCUT2D eigenvalue weighted by atomic mass is 32.2. The molecule has 4 heteroatoms. The smallest absolute Gasteiger partial charge is 0.208 e. The van der Waals surface area contributed by atoms with E-state index in [1.165, 1.54) is 11.8 Å². The van der Waals surface area contributed by atoms with Crippen molar-refractivity contribution in [2.75, 3.05) is 6.26 Å². The van der Waals surface area contributed by atoms with Crippen molar-refractivity contribution in [2.24, 2.45) is 0 Å². The first-order valence-electron chi connectivity index (χ1n) is 2.51. The number of aldehydes is 1. The Kier molecular flexibility index (Phi) is 5.30. The molecule has 1 amide bonds. The normalized spacial score (nSPS) is 12.1. The molecule has 0 heterocycles. The number of thioether (sulfide) groups is 1. The fraction of sp³-hybridized carbons (Fsp3) is 0.600. The molecule has 0 aliphatic carbocycles. The summed E-state index contributed by atoms with van der Waals surface area (Å²) in [5.74, 6) is 0. The van der Waals surface area contributed by atoms with Crippen LogP contribution in [-0.4, -0.2) is 24.3 Å². The van der Waals surface area contributed by atoms with Gasteiger partial charge in [0, 0.05) is 6.42 Å². The van der Waals surface area contributed by atoms with Gasteiger partial charge in [-0.2, -0.15) is 0 Å². The first-order valence-corrected chi connectivity index (χ1v) is 3.80. The number of carbonyl (C=O) groups excluding carboxylic acids is 2. The van der Waals surface area contributed by atoms with E-state index in [1.54, 1.807) is 0 Å². The van der Waals surface area contributed by atoms with Crippen molar-refractivity contribution in [3.63, 3.8) is 0 Å². The average Bonchev–Trinajstić information content (AvgIpc) is 1.88. The lowest BCUT2D eigenvalue weighted by Gasteiger charge is -2.07. The van der Waals surface area contributed by atoms with Crippen LogP contribution in [0.5, 0.6) is 0 Å².